The molecule has 0 aliphatic heterocycles. The van der Waals surface area contributed by atoms with E-state index in [0.717, 1.165) is 0 Å². The van der Waals surface area contributed by atoms with E-state index < -0.39 is 6.09 Å². The van der Waals surface area contributed by atoms with E-state index in [1.54, 1.807) is 31.2 Å². The van der Waals surface area contributed by atoms with Crippen molar-refractivity contribution < 1.29 is 9.53 Å². The highest BCUT2D eigenvalue weighted by Crippen LogP contribution is 2.12. The predicted octanol–water partition coefficient (Wildman–Crippen LogP) is 2.35. The van der Waals surface area contributed by atoms with Gasteiger partial charge in [-0.15, -0.1) is 0 Å². The van der Waals surface area contributed by atoms with Crippen LogP contribution < -0.4 is 11.1 Å². The maximum atomic E-state index is 11.1. The van der Waals surface area contributed by atoms with Gasteiger partial charge in [0.1, 0.15) is 0 Å². The first-order valence-corrected chi connectivity index (χ1v) is 4.08. The molecule has 1 amide bonds. The molecule has 0 bridgehead atoms. The van der Waals surface area contributed by atoms with Crippen molar-refractivity contribution in [1.82, 2.24) is 0 Å². The van der Waals surface area contributed by atoms with E-state index >= 15 is 0 Å². The number of benzene rings is 1. The van der Waals surface area contributed by atoms with Gasteiger partial charge in [-0.05, 0) is 25.1 Å². The number of hydrogen-bond acceptors (Lipinski definition) is 3. The summed E-state index contributed by atoms with van der Waals surface area (Å²) in [6.07, 6.45) is -0.567. The van der Waals surface area contributed by atoms with Gasteiger partial charge >= 0.3 is 6.09 Å². The highest BCUT2D eigenvalue weighted by molar-refractivity contribution is 5.85. The average molecular weight is 192 g/mol. The molecule has 0 fully saturated rings. The molecule has 3 N–H and O–H groups in total. The van der Waals surface area contributed by atoms with Crippen molar-refractivity contribution >= 4 is 17.5 Å². The molecule has 1 aromatic rings. The van der Waals surface area contributed by atoms with Crippen molar-refractivity contribution in [2.24, 2.45) is 0 Å². The lowest BCUT2D eigenvalue weighted by Crippen LogP contribution is -2.12. The molecule has 0 aliphatic carbocycles. The summed E-state index contributed by atoms with van der Waals surface area (Å²) in [4.78, 5) is 11.1. The Bertz CT molecular complexity index is 361. The summed E-state index contributed by atoms with van der Waals surface area (Å²) >= 11 is 0. The summed E-state index contributed by atoms with van der Waals surface area (Å²) < 4.78 is 4.71. The fraction of sp³-hybridized carbons (Fsp3) is 0.100. The molecule has 0 spiro atoms. The Balaban J connectivity index is 2.60. The molecule has 4 nitrogen and oxygen atoms in total. The lowest BCUT2D eigenvalue weighted by Gasteiger charge is -2.05. The van der Waals surface area contributed by atoms with Crippen molar-refractivity contribution in [2.45, 2.75) is 6.92 Å². The molecule has 14 heavy (non-hydrogen) atoms. The Morgan fingerprint density at radius 3 is 2.86 bits per heavy atom. The van der Waals surface area contributed by atoms with Gasteiger partial charge in [-0.3, -0.25) is 5.32 Å². The molecular weight excluding hydrogens is 180 g/mol. The number of nitrogens with two attached hydrogens (primary N) is 1. The standard InChI is InChI=1S/C10H12N2O2/c1-7(2)14-10(13)12-9-5-3-4-8(11)6-9/h3-6H,1,11H2,2H3,(H,12,13). The quantitative estimate of drug-likeness (QED) is 0.558. The fourth-order valence-corrected chi connectivity index (χ4v) is 0.918. The molecule has 0 saturated carbocycles. The number of carbonyl (C=O) groups is 1. The summed E-state index contributed by atoms with van der Waals surface area (Å²) in [7, 11) is 0. The van der Waals surface area contributed by atoms with Gasteiger partial charge in [-0.25, -0.2) is 4.79 Å². The van der Waals surface area contributed by atoms with E-state index in [1.807, 2.05) is 0 Å². The minimum absolute atomic E-state index is 0.339. The number of hydrogen-bond donors (Lipinski definition) is 2. The van der Waals surface area contributed by atoms with Crippen LogP contribution in [0.4, 0.5) is 16.2 Å². The van der Waals surface area contributed by atoms with Crippen molar-refractivity contribution in [2.75, 3.05) is 11.1 Å². The Morgan fingerprint density at radius 1 is 1.57 bits per heavy atom. The van der Waals surface area contributed by atoms with Crippen LogP contribution in [0.3, 0.4) is 0 Å². The topological polar surface area (TPSA) is 64.3 Å². The summed E-state index contributed by atoms with van der Waals surface area (Å²) in [5, 5.41) is 2.51. The van der Waals surface area contributed by atoms with Crippen molar-refractivity contribution in [1.29, 1.82) is 0 Å². The summed E-state index contributed by atoms with van der Waals surface area (Å²) in [5.74, 6) is 0.339. The Labute approximate surface area is 82.4 Å². The Morgan fingerprint density at radius 2 is 2.29 bits per heavy atom. The van der Waals surface area contributed by atoms with E-state index in [0.29, 0.717) is 17.1 Å². The normalized spacial score (nSPS) is 9.21. The van der Waals surface area contributed by atoms with Crippen LogP contribution in [0.1, 0.15) is 6.92 Å². The largest absolute Gasteiger partial charge is 0.416 e. The highest BCUT2D eigenvalue weighted by Gasteiger charge is 2.02. The van der Waals surface area contributed by atoms with E-state index in [4.69, 9.17) is 10.5 Å². The molecule has 0 heterocycles. The molecule has 0 atom stereocenters. The molecule has 4 heteroatoms. The van der Waals surface area contributed by atoms with Crippen LogP contribution in [-0.4, -0.2) is 6.09 Å². The van der Waals surface area contributed by atoms with Crippen LogP contribution in [0.25, 0.3) is 0 Å². The van der Waals surface area contributed by atoms with Crippen LogP contribution in [0.5, 0.6) is 0 Å². The van der Waals surface area contributed by atoms with Crippen LogP contribution >= 0.6 is 0 Å². The summed E-state index contributed by atoms with van der Waals surface area (Å²) in [6.45, 7) is 5.04. The molecular formula is C10H12N2O2. The van der Waals surface area contributed by atoms with Crippen LogP contribution in [0.15, 0.2) is 36.6 Å². The number of allylic oxidation sites excluding steroid dienone is 1. The SMILES string of the molecule is C=C(C)OC(=O)Nc1cccc(N)c1. The first-order valence-electron chi connectivity index (χ1n) is 4.08. The zero-order chi connectivity index (χ0) is 10.6. The smallest absolute Gasteiger partial charge is 0.416 e. The fourth-order valence-electron chi connectivity index (χ4n) is 0.918. The van der Waals surface area contributed by atoms with Gasteiger partial charge in [-0.2, -0.15) is 0 Å². The second-order valence-electron chi connectivity index (χ2n) is 2.84. The number of amides is 1. The zero-order valence-corrected chi connectivity index (χ0v) is 7.91. The van der Waals surface area contributed by atoms with Crippen molar-refractivity contribution in [3.63, 3.8) is 0 Å². The average Bonchev–Trinajstić information content (AvgIpc) is 2.01. The van der Waals surface area contributed by atoms with Gasteiger partial charge in [0.05, 0.1) is 5.76 Å². The number of ether oxygens (including phenoxy) is 1. The second-order valence-corrected chi connectivity index (χ2v) is 2.84. The third-order valence-corrected chi connectivity index (χ3v) is 1.40. The van der Waals surface area contributed by atoms with Crippen molar-refractivity contribution in [3.05, 3.63) is 36.6 Å². The maximum absolute atomic E-state index is 11.1. The van der Waals surface area contributed by atoms with Crippen molar-refractivity contribution in [3.8, 4) is 0 Å². The maximum Gasteiger partial charge on any atom is 0.416 e. The van der Waals surface area contributed by atoms with E-state index in [1.165, 1.54) is 0 Å². The van der Waals surface area contributed by atoms with Crippen LogP contribution in [0.2, 0.25) is 0 Å². The number of nitrogen functional groups attached to an aromatic ring is 1. The minimum Gasteiger partial charge on any atom is -0.416 e. The number of anilines is 2. The monoisotopic (exact) mass is 192 g/mol. The summed E-state index contributed by atoms with van der Waals surface area (Å²) in [5.41, 5.74) is 6.70. The Hall–Kier alpha value is -1.97. The van der Waals surface area contributed by atoms with E-state index in [2.05, 4.69) is 11.9 Å². The van der Waals surface area contributed by atoms with Gasteiger partial charge in [-0.1, -0.05) is 12.6 Å². The van der Waals surface area contributed by atoms with E-state index in [-0.39, 0.29) is 0 Å². The molecule has 0 aromatic heterocycles. The third kappa shape index (κ3) is 3.18. The summed E-state index contributed by atoms with van der Waals surface area (Å²) in [6, 6.07) is 6.83. The third-order valence-electron chi connectivity index (χ3n) is 1.40. The molecule has 74 valence electrons. The molecule has 1 rings (SSSR count). The lowest BCUT2D eigenvalue weighted by molar-refractivity contribution is 0.192. The molecule has 0 aliphatic rings. The number of rotatable bonds is 2. The number of carbonyl (C=O) groups excluding carboxylic acids is 1. The Kier molecular flexibility index (Phi) is 3.12. The number of nitrogens with one attached hydrogen (secondary N) is 1. The molecule has 0 unspecified atom stereocenters. The van der Waals surface area contributed by atoms with Crippen LogP contribution in [0, 0.1) is 0 Å². The van der Waals surface area contributed by atoms with Gasteiger partial charge in [0.2, 0.25) is 0 Å². The highest BCUT2D eigenvalue weighted by atomic mass is 16.6. The van der Waals surface area contributed by atoms with Crippen LogP contribution in [-0.2, 0) is 4.74 Å². The van der Waals surface area contributed by atoms with Gasteiger partial charge < -0.3 is 10.5 Å². The first kappa shape index (κ1) is 10.1. The lowest BCUT2D eigenvalue weighted by atomic mass is 10.3. The first-order chi connectivity index (χ1) is 6.58. The van der Waals surface area contributed by atoms with Gasteiger partial charge in [0, 0.05) is 11.4 Å². The van der Waals surface area contributed by atoms with E-state index in [9.17, 15) is 4.79 Å². The van der Waals surface area contributed by atoms with Gasteiger partial charge in [0.25, 0.3) is 0 Å². The molecule has 0 saturated heterocycles. The second kappa shape index (κ2) is 4.32. The zero-order valence-electron chi connectivity index (χ0n) is 7.91. The van der Waals surface area contributed by atoms with Gasteiger partial charge in [0.15, 0.2) is 0 Å². The minimum atomic E-state index is -0.567. The molecule has 0 radical (unpaired) electrons. The molecule has 1 aromatic carbocycles. The predicted molar refractivity (Wildman–Crippen MR) is 55.8 cm³/mol.